The van der Waals surface area contributed by atoms with Crippen molar-refractivity contribution in [1.82, 2.24) is 5.32 Å². The first kappa shape index (κ1) is 15.6. The maximum atomic E-state index is 12.0. The van der Waals surface area contributed by atoms with Gasteiger partial charge in [0.2, 0.25) is 5.91 Å². The van der Waals surface area contributed by atoms with Crippen molar-refractivity contribution in [3.8, 4) is 0 Å². The Kier molecular flexibility index (Phi) is 4.33. The molecule has 0 saturated carbocycles. The molecule has 1 saturated heterocycles. The minimum Gasteiger partial charge on any atom is -0.350 e. The zero-order valence-corrected chi connectivity index (χ0v) is 13.3. The molecule has 20 heavy (non-hydrogen) atoms. The fraction of sp³-hybridized carbons (Fsp3) is 0.462. The van der Waals surface area contributed by atoms with E-state index < -0.39 is 15.4 Å². The number of benzene rings is 1. The van der Waals surface area contributed by atoms with Crippen molar-refractivity contribution in [2.45, 2.75) is 25.3 Å². The lowest BCUT2D eigenvalue weighted by molar-refractivity contribution is -0.121. The molecular formula is C13H15Cl2NO3S. The molecule has 0 radical (unpaired) electrons. The second-order valence-electron chi connectivity index (χ2n) is 5.36. The summed E-state index contributed by atoms with van der Waals surface area (Å²) in [7, 11) is -3.04. The van der Waals surface area contributed by atoms with Gasteiger partial charge in [-0.15, -0.1) is 0 Å². The molecule has 0 spiro atoms. The Morgan fingerprint density at radius 1 is 1.40 bits per heavy atom. The van der Waals surface area contributed by atoms with Gasteiger partial charge in [-0.25, -0.2) is 8.42 Å². The molecule has 1 aliphatic rings. The van der Waals surface area contributed by atoms with Crippen molar-refractivity contribution in [2.24, 2.45) is 0 Å². The zero-order valence-electron chi connectivity index (χ0n) is 10.9. The number of nitrogens with one attached hydrogen (secondary N) is 1. The smallest absolute Gasteiger partial charge is 0.224 e. The van der Waals surface area contributed by atoms with Crippen LogP contribution in [0.1, 0.15) is 18.9 Å². The SMILES string of the molecule is CC1(NC(=O)Cc2ccc(Cl)cc2Cl)CCS(=O)(=O)C1. The molecule has 1 amide bonds. The van der Waals surface area contributed by atoms with E-state index >= 15 is 0 Å². The summed E-state index contributed by atoms with van der Waals surface area (Å²) in [6.45, 7) is 1.75. The van der Waals surface area contributed by atoms with Crippen LogP contribution in [0.3, 0.4) is 0 Å². The summed E-state index contributed by atoms with van der Waals surface area (Å²) in [6, 6.07) is 4.93. The minimum atomic E-state index is -3.04. The molecule has 0 aromatic heterocycles. The number of rotatable bonds is 3. The highest BCUT2D eigenvalue weighted by Crippen LogP contribution is 2.24. The topological polar surface area (TPSA) is 63.2 Å². The fourth-order valence-electron chi connectivity index (χ4n) is 2.33. The highest BCUT2D eigenvalue weighted by atomic mass is 35.5. The normalized spacial score (nSPS) is 24.6. The molecular weight excluding hydrogens is 321 g/mol. The number of halogens is 2. The second kappa shape index (κ2) is 5.54. The second-order valence-corrected chi connectivity index (χ2v) is 8.39. The third-order valence-corrected chi connectivity index (χ3v) is 5.80. The van der Waals surface area contributed by atoms with E-state index in [1.807, 2.05) is 0 Å². The van der Waals surface area contributed by atoms with Crippen molar-refractivity contribution in [3.05, 3.63) is 33.8 Å². The molecule has 1 atom stereocenters. The van der Waals surface area contributed by atoms with Crippen LogP contribution >= 0.6 is 23.2 Å². The van der Waals surface area contributed by atoms with Crippen LogP contribution in [-0.2, 0) is 21.1 Å². The monoisotopic (exact) mass is 335 g/mol. The maximum absolute atomic E-state index is 12.0. The van der Waals surface area contributed by atoms with E-state index in [1.165, 1.54) is 0 Å². The Morgan fingerprint density at radius 3 is 2.65 bits per heavy atom. The molecule has 4 nitrogen and oxygen atoms in total. The highest BCUT2D eigenvalue weighted by Gasteiger charge is 2.39. The van der Waals surface area contributed by atoms with Crippen LogP contribution in [-0.4, -0.2) is 31.4 Å². The lowest BCUT2D eigenvalue weighted by Crippen LogP contribution is -2.47. The van der Waals surface area contributed by atoms with E-state index in [9.17, 15) is 13.2 Å². The predicted octanol–water partition coefficient (Wildman–Crippen LogP) is 2.23. The molecule has 0 bridgehead atoms. The van der Waals surface area contributed by atoms with Crippen molar-refractivity contribution >= 4 is 38.9 Å². The summed E-state index contributed by atoms with van der Waals surface area (Å²) in [5, 5.41) is 3.73. The third-order valence-electron chi connectivity index (χ3n) is 3.31. The van der Waals surface area contributed by atoms with Gasteiger partial charge < -0.3 is 5.32 Å². The zero-order chi connectivity index (χ0) is 15.0. The summed E-state index contributed by atoms with van der Waals surface area (Å²) >= 11 is 11.8. The summed E-state index contributed by atoms with van der Waals surface area (Å²) in [4.78, 5) is 12.0. The van der Waals surface area contributed by atoms with Crippen LogP contribution in [0.5, 0.6) is 0 Å². The van der Waals surface area contributed by atoms with Crippen LogP contribution < -0.4 is 5.32 Å². The van der Waals surface area contributed by atoms with E-state index in [1.54, 1.807) is 25.1 Å². The number of carbonyl (C=O) groups is 1. The van der Waals surface area contributed by atoms with Crippen LogP contribution in [0.2, 0.25) is 10.0 Å². The number of hydrogen-bond acceptors (Lipinski definition) is 3. The molecule has 1 aromatic carbocycles. The van der Waals surface area contributed by atoms with E-state index in [0.29, 0.717) is 22.0 Å². The fourth-order valence-corrected chi connectivity index (χ4v) is 4.90. The number of amides is 1. The number of carbonyl (C=O) groups excluding carboxylic acids is 1. The van der Waals surface area contributed by atoms with Crippen molar-refractivity contribution in [3.63, 3.8) is 0 Å². The van der Waals surface area contributed by atoms with Gasteiger partial charge in [0, 0.05) is 10.0 Å². The van der Waals surface area contributed by atoms with Crippen molar-refractivity contribution in [1.29, 1.82) is 0 Å². The van der Waals surface area contributed by atoms with Gasteiger partial charge in [-0.2, -0.15) is 0 Å². The summed E-state index contributed by atoms with van der Waals surface area (Å²) < 4.78 is 23.0. The first-order chi connectivity index (χ1) is 9.19. The average molecular weight is 336 g/mol. The average Bonchev–Trinajstić information content (AvgIpc) is 2.56. The quantitative estimate of drug-likeness (QED) is 0.921. The lowest BCUT2D eigenvalue weighted by Gasteiger charge is -2.24. The van der Waals surface area contributed by atoms with Gasteiger partial charge >= 0.3 is 0 Å². The first-order valence-electron chi connectivity index (χ1n) is 6.15. The molecule has 1 fully saturated rings. The van der Waals surface area contributed by atoms with Gasteiger partial charge in [0.05, 0.1) is 23.5 Å². The van der Waals surface area contributed by atoms with E-state index in [0.717, 1.165) is 0 Å². The Hall–Kier alpha value is -0.780. The van der Waals surface area contributed by atoms with Crippen molar-refractivity contribution in [2.75, 3.05) is 11.5 Å². The van der Waals surface area contributed by atoms with Gasteiger partial charge in [0.1, 0.15) is 0 Å². The van der Waals surface area contributed by atoms with E-state index in [2.05, 4.69) is 5.32 Å². The maximum Gasteiger partial charge on any atom is 0.224 e. The van der Waals surface area contributed by atoms with Crippen LogP contribution in [0.4, 0.5) is 0 Å². The largest absolute Gasteiger partial charge is 0.350 e. The predicted molar refractivity (Wildman–Crippen MR) is 80.0 cm³/mol. The minimum absolute atomic E-state index is 0.0138. The van der Waals surface area contributed by atoms with Gasteiger partial charge in [-0.1, -0.05) is 29.3 Å². The molecule has 0 aliphatic carbocycles. The Bertz CT molecular complexity index is 645. The molecule has 1 aliphatic heterocycles. The molecule has 1 heterocycles. The van der Waals surface area contributed by atoms with Crippen LogP contribution in [0.25, 0.3) is 0 Å². The van der Waals surface area contributed by atoms with Gasteiger partial charge in [0.25, 0.3) is 0 Å². The van der Waals surface area contributed by atoms with Gasteiger partial charge in [0.15, 0.2) is 9.84 Å². The Balaban J connectivity index is 2.03. The van der Waals surface area contributed by atoms with Gasteiger partial charge in [-0.05, 0) is 31.0 Å². The molecule has 1 aromatic rings. The summed E-state index contributed by atoms with van der Waals surface area (Å²) in [6.07, 6.45) is 0.543. The third kappa shape index (κ3) is 3.87. The molecule has 110 valence electrons. The first-order valence-corrected chi connectivity index (χ1v) is 8.72. The number of sulfone groups is 1. The Labute approximate surface area is 128 Å². The Morgan fingerprint density at radius 2 is 2.10 bits per heavy atom. The highest BCUT2D eigenvalue weighted by molar-refractivity contribution is 7.91. The van der Waals surface area contributed by atoms with Crippen molar-refractivity contribution < 1.29 is 13.2 Å². The summed E-state index contributed by atoms with van der Waals surface area (Å²) in [5.41, 5.74) is -0.0209. The molecule has 7 heteroatoms. The summed E-state index contributed by atoms with van der Waals surface area (Å²) in [5.74, 6) is -0.139. The standard InChI is InChI=1S/C13H15Cl2NO3S/c1-13(4-5-20(18,19)8-13)16-12(17)6-9-2-3-10(14)7-11(9)15/h2-3,7H,4-6,8H2,1H3,(H,16,17). The molecule has 1 N–H and O–H groups in total. The lowest BCUT2D eigenvalue weighted by atomic mass is 10.0. The van der Waals surface area contributed by atoms with Crippen LogP contribution in [0.15, 0.2) is 18.2 Å². The van der Waals surface area contributed by atoms with Crippen LogP contribution in [0, 0.1) is 0 Å². The molecule has 2 rings (SSSR count). The van der Waals surface area contributed by atoms with E-state index in [4.69, 9.17) is 23.2 Å². The number of hydrogen-bond donors (Lipinski definition) is 1. The van der Waals surface area contributed by atoms with Gasteiger partial charge in [-0.3, -0.25) is 4.79 Å². The van der Waals surface area contributed by atoms with E-state index in [-0.39, 0.29) is 23.8 Å². The molecule has 1 unspecified atom stereocenters.